The van der Waals surface area contributed by atoms with Gasteiger partial charge in [0.15, 0.2) is 0 Å². The van der Waals surface area contributed by atoms with Crippen LogP contribution in [0.5, 0.6) is 5.75 Å². The van der Waals surface area contributed by atoms with Crippen molar-refractivity contribution in [3.8, 4) is 5.75 Å². The first-order valence-corrected chi connectivity index (χ1v) is 11.1. The lowest BCUT2D eigenvalue weighted by Crippen LogP contribution is -2.61. The molecule has 1 unspecified atom stereocenters. The first kappa shape index (κ1) is 20.6. The number of phenols is 1. The lowest BCUT2D eigenvalue weighted by atomic mass is 9.50. The van der Waals surface area contributed by atoms with Crippen LogP contribution in [0.1, 0.15) is 73.4 Å². The molecular weight excluding hydrogens is 368 g/mol. The molecule has 1 aliphatic heterocycles. The van der Waals surface area contributed by atoms with Crippen LogP contribution >= 0.6 is 0 Å². The van der Waals surface area contributed by atoms with E-state index in [4.69, 9.17) is 10.5 Å². The van der Waals surface area contributed by atoms with E-state index in [1.165, 1.54) is 0 Å². The Morgan fingerprint density at radius 1 is 1.31 bits per heavy atom. The zero-order chi connectivity index (χ0) is 20.6. The number of ether oxygens (including phenoxy) is 1. The quantitative estimate of drug-likeness (QED) is 0.547. The molecule has 29 heavy (non-hydrogen) atoms. The summed E-state index contributed by atoms with van der Waals surface area (Å²) < 4.78 is 5.70. The monoisotopic (exact) mass is 402 g/mol. The largest absolute Gasteiger partial charge is 0.507 e. The summed E-state index contributed by atoms with van der Waals surface area (Å²) in [6, 6.07) is 3.54. The molecule has 0 spiro atoms. The highest BCUT2D eigenvalue weighted by molar-refractivity contribution is 5.96. The van der Waals surface area contributed by atoms with Crippen LogP contribution < -0.4 is 11.1 Å². The summed E-state index contributed by atoms with van der Waals surface area (Å²) in [5.74, 6) is -0.566. The molecule has 1 aromatic rings. The van der Waals surface area contributed by atoms with Crippen molar-refractivity contribution in [2.75, 3.05) is 19.7 Å². The highest BCUT2D eigenvalue weighted by Crippen LogP contribution is 2.59. The van der Waals surface area contributed by atoms with Crippen molar-refractivity contribution in [3.05, 3.63) is 28.8 Å². The average molecular weight is 403 g/mol. The Morgan fingerprint density at radius 3 is 2.83 bits per heavy atom. The van der Waals surface area contributed by atoms with Crippen molar-refractivity contribution in [1.82, 2.24) is 5.32 Å². The van der Waals surface area contributed by atoms with E-state index >= 15 is 0 Å². The summed E-state index contributed by atoms with van der Waals surface area (Å²) >= 11 is 0. The fourth-order valence-electron chi connectivity index (χ4n) is 6.21. The lowest BCUT2D eigenvalue weighted by Gasteiger charge is -2.57. The van der Waals surface area contributed by atoms with Crippen molar-refractivity contribution < 1.29 is 19.7 Å². The molecule has 2 fully saturated rings. The van der Waals surface area contributed by atoms with Crippen LogP contribution in [0, 0.1) is 5.92 Å². The van der Waals surface area contributed by atoms with Crippen LogP contribution in [0.15, 0.2) is 12.1 Å². The fourth-order valence-corrected chi connectivity index (χ4v) is 6.21. The van der Waals surface area contributed by atoms with Gasteiger partial charge in [-0.2, -0.15) is 0 Å². The van der Waals surface area contributed by atoms with Crippen molar-refractivity contribution >= 4 is 5.91 Å². The molecule has 0 bridgehead atoms. The van der Waals surface area contributed by atoms with Gasteiger partial charge in [0.05, 0.1) is 17.3 Å². The molecule has 0 aromatic heterocycles. The minimum atomic E-state index is -0.891. The van der Waals surface area contributed by atoms with Gasteiger partial charge >= 0.3 is 0 Å². The average Bonchev–Trinajstić information content (AvgIpc) is 3.20. The highest BCUT2D eigenvalue weighted by Gasteiger charge is 2.59. The second kappa shape index (κ2) is 7.89. The predicted octanol–water partition coefficient (Wildman–Crippen LogP) is 2.38. The van der Waals surface area contributed by atoms with Gasteiger partial charge < -0.3 is 26.0 Å². The van der Waals surface area contributed by atoms with E-state index < -0.39 is 16.9 Å². The number of nitrogens with one attached hydrogen (secondary N) is 1. The second-order valence-corrected chi connectivity index (χ2v) is 9.27. The third-order valence-corrected chi connectivity index (χ3v) is 7.71. The van der Waals surface area contributed by atoms with E-state index in [2.05, 4.69) is 12.2 Å². The third kappa shape index (κ3) is 3.35. The van der Waals surface area contributed by atoms with Crippen LogP contribution in [-0.4, -0.2) is 47.5 Å². The Kier molecular flexibility index (Phi) is 5.62. The van der Waals surface area contributed by atoms with E-state index in [0.717, 1.165) is 69.3 Å². The van der Waals surface area contributed by atoms with Gasteiger partial charge in [-0.1, -0.05) is 25.8 Å². The molecule has 4 atom stereocenters. The minimum absolute atomic E-state index is 0.0265. The molecule has 6 nitrogen and oxygen atoms in total. The van der Waals surface area contributed by atoms with Crippen LogP contribution in [0.2, 0.25) is 0 Å². The van der Waals surface area contributed by atoms with Gasteiger partial charge in [0.2, 0.25) is 0 Å². The maximum Gasteiger partial charge on any atom is 0.252 e. The van der Waals surface area contributed by atoms with E-state index in [1.54, 1.807) is 6.07 Å². The van der Waals surface area contributed by atoms with Crippen molar-refractivity contribution in [2.45, 2.75) is 75.4 Å². The lowest BCUT2D eigenvalue weighted by molar-refractivity contribution is -0.121. The zero-order valence-corrected chi connectivity index (χ0v) is 17.4. The summed E-state index contributed by atoms with van der Waals surface area (Å²) in [6.07, 6.45) is 7.39. The molecule has 6 heteroatoms. The maximum atomic E-state index is 11.9. The first-order valence-electron chi connectivity index (χ1n) is 11.1. The summed E-state index contributed by atoms with van der Waals surface area (Å²) in [6.45, 7) is 4.49. The normalized spacial score (nSPS) is 33.9. The molecule has 1 heterocycles. The Balaban J connectivity index is 1.69. The van der Waals surface area contributed by atoms with Crippen molar-refractivity contribution in [3.63, 3.8) is 0 Å². The second-order valence-electron chi connectivity index (χ2n) is 9.27. The Labute approximate surface area is 172 Å². The van der Waals surface area contributed by atoms with Gasteiger partial charge in [0.25, 0.3) is 5.91 Å². The maximum absolute atomic E-state index is 11.9. The Hall–Kier alpha value is -1.63. The van der Waals surface area contributed by atoms with Gasteiger partial charge in [-0.3, -0.25) is 4.79 Å². The molecule has 160 valence electrons. The zero-order valence-electron chi connectivity index (χ0n) is 17.4. The molecule has 2 aliphatic carbocycles. The minimum Gasteiger partial charge on any atom is -0.507 e. The number of hydrogen-bond acceptors (Lipinski definition) is 5. The SMILES string of the molecule is C[C@@H]1Cc2ccc(C(N)=O)c(O)c2[C@@]2(CCNCC3CCCO3)CCCC[C@@]12O. The number of aliphatic hydroxyl groups is 1. The number of rotatable bonds is 6. The van der Waals surface area contributed by atoms with Gasteiger partial charge in [0.1, 0.15) is 5.75 Å². The van der Waals surface area contributed by atoms with Crippen molar-refractivity contribution in [2.24, 2.45) is 11.7 Å². The molecular formula is C23H34N2O4. The summed E-state index contributed by atoms with van der Waals surface area (Å²) in [4.78, 5) is 11.9. The topological polar surface area (TPSA) is 105 Å². The Bertz CT molecular complexity index is 776. The van der Waals surface area contributed by atoms with Gasteiger partial charge in [0, 0.05) is 24.1 Å². The Morgan fingerprint density at radius 2 is 2.10 bits per heavy atom. The van der Waals surface area contributed by atoms with E-state index in [9.17, 15) is 15.0 Å². The predicted molar refractivity (Wildman–Crippen MR) is 111 cm³/mol. The van der Waals surface area contributed by atoms with Gasteiger partial charge in [-0.05, 0) is 62.6 Å². The number of nitrogens with two attached hydrogens (primary N) is 1. The molecule has 4 rings (SSSR count). The number of benzene rings is 1. The van der Waals surface area contributed by atoms with Crippen LogP contribution in [0.4, 0.5) is 0 Å². The summed E-state index contributed by atoms with van der Waals surface area (Å²) in [5, 5.41) is 26.5. The molecule has 1 saturated carbocycles. The van der Waals surface area contributed by atoms with E-state index in [-0.39, 0.29) is 23.3 Å². The van der Waals surface area contributed by atoms with Crippen LogP contribution in [0.3, 0.4) is 0 Å². The smallest absolute Gasteiger partial charge is 0.252 e. The third-order valence-electron chi connectivity index (χ3n) is 7.71. The molecule has 5 N–H and O–H groups in total. The molecule has 1 aromatic carbocycles. The van der Waals surface area contributed by atoms with Crippen LogP contribution in [0.25, 0.3) is 0 Å². The van der Waals surface area contributed by atoms with E-state index in [0.29, 0.717) is 12.8 Å². The number of carbonyl (C=O) groups excluding carboxylic acids is 1. The fraction of sp³-hybridized carbons (Fsp3) is 0.696. The number of amides is 1. The number of hydrogen-bond donors (Lipinski definition) is 4. The standard InChI is InChI=1S/C23H34N2O4/c1-15-13-16-6-7-18(21(24)27)20(26)19(16)22(8-2-3-9-23(15,22)28)10-11-25-14-17-5-4-12-29-17/h6-7,15,17,25-26,28H,2-5,8-14H2,1H3,(H2,24,27)/t15-,17?,22+,23-/m1/s1. The molecule has 3 aliphatic rings. The van der Waals surface area contributed by atoms with Crippen LogP contribution in [-0.2, 0) is 16.6 Å². The molecule has 1 amide bonds. The van der Waals surface area contributed by atoms with E-state index in [1.807, 2.05) is 6.07 Å². The molecule has 0 radical (unpaired) electrons. The van der Waals surface area contributed by atoms with Crippen molar-refractivity contribution in [1.29, 1.82) is 0 Å². The summed E-state index contributed by atoms with van der Waals surface area (Å²) in [5.41, 5.74) is 6.00. The number of aromatic hydroxyl groups is 1. The molecule has 1 saturated heterocycles. The number of primary amides is 1. The van der Waals surface area contributed by atoms with Gasteiger partial charge in [-0.15, -0.1) is 0 Å². The first-order chi connectivity index (χ1) is 13.9. The summed E-state index contributed by atoms with van der Waals surface area (Å²) in [7, 11) is 0. The van der Waals surface area contributed by atoms with Gasteiger partial charge in [-0.25, -0.2) is 0 Å². The number of carbonyl (C=O) groups is 1. The number of fused-ring (bicyclic) bond motifs is 3. The highest BCUT2D eigenvalue weighted by atomic mass is 16.5.